The summed E-state index contributed by atoms with van der Waals surface area (Å²) in [4.78, 5) is 63.8. The van der Waals surface area contributed by atoms with Crippen molar-refractivity contribution < 1.29 is 33.4 Å². The minimum atomic E-state index is -1.23. The molecule has 2 fully saturated rings. The van der Waals surface area contributed by atoms with E-state index >= 15 is 0 Å². The molecule has 1 aliphatic carbocycles. The Morgan fingerprint density at radius 1 is 1.05 bits per heavy atom. The maximum atomic E-state index is 14.9. The molecule has 1 saturated carbocycles. The van der Waals surface area contributed by atoms with Crippen molar-refractivity contribution in [1.82, 2.24) is 35.0 Å². The Labute approximate surface area is 352 Å². The molecule has 0 bridgehead atoms. The highest BCUT2D eigenvalue weighted by Crippen LogP contribution is 2.46. The SMILES string of the molecule is CCn1ccc(C(=O)N[C@H]2CCCCC/C=C\CC[C@@](CC)(C(=O)NSC3(C)CC3)NC(=O)[C@@H]3C[C@@H](Oc4cc(OC(C)C)nc5c(C)c(OC)ccc45)CN3C2=O)n1. The Bertz CT molecular complexity index is 2030. The predicted molar refractivity (Wildman–Crippen MR) is 228 cm³/mol. The summed E-state index contributed by atoms with van der Waals surface area (Å²) in [6.07, 6.45) is 12.3. The second-order valence-corrected chi connectivity index (χ2v) is 17.9. The van der Waals surface area contributed by atoms with E-state index in [4.69, 9.17) is 19.2 Å². The number of allylic oxidation sites excluding steroid dienone is 2. The third-order valence-corrected chi connectivity index (χ3v) is 12.8. The quantitative estimate of drug-likeness (QED) is 0.134. The van der Waals surface area contributed by atoms with E-state index in [2.05, 4.69) is 39.5 Å². The third-order valence-electron chi connectivity index (χ3n) is 11.7. The minimum Gasteiger partial charge on any atom is -0.496 e. The Kier molecular flexibility index (Phi) is 14.2. The highest BCUT2D eigenvalue weighted by atomic mass is 32.2. The Morgan fingerprint density at radius 3 is 2.53 bits per heavy atom. The van der Waals surface area contributed by atoms with E-state index in [1.54, 1.807) is 30.1 Å². The highest BCUT2D eigenvalue weighted by Gasteiger charge is 2.48. The number of benzene rings is 1. The minimum absolute atomic E-state index is 0.0128. The summed E-state index contributed by atoms with van der Waals surface area (Å²) in [6, 6.07) is 5.19. The topological polar surface area (TPSA) is 166 Å². The lowest BCUT2D eigenvalue weighted by Gasteiger charge is -2.35. The van der Waals surface area contributed by atoms with Crippen LogP contribution in [-0.4, -0.2) is 91.5 Å². The number of hydrogen-bond acceptors (Lipinski definition) is 10. The number of rotatable bonds is 12. The first-order chi connectivity index (χ1) is 28.3. The van der Waals surface area contributed by atoms with E-state index in [1.165, 1.54) is 16.8 Å². The number of amides is 4. The van der Waals surface area contributed by atoms with Gasteiger partial charge in [-0.3, -0.25) is 28.6 Å². The Hall–Kier alpha value is -4.79. The molecule has 3 aromatic rings. The summed E-state index contributed by atoms with van der Waals surface area (Å²) in [5, 5.41) is 11.2. The summed E-state index contributed by atoms with van der Waals surface area (Å²) in [7, 11) is 1.61. The predicted octanol–water partition coefficient (Wildman–Crippen LogP) is 6.58. The monoisotopic (exact) mass is 831 g/mol. The number of aryl methyl sites for hydroxylation is 2. The molecule has 14 nitrogen and oxygen atoms in total. The number of nitrogens with one attached hydrogen (secondary N) is 3. The Morgan fingerprint density at radius 2 is 1.83 bits per heavy atom. The number of aromatic nitrogens is 3. The highest BCUT2D eigenvalue weighted by molar-refractivity contribution is 7.99. The summed E-state index contributed by atoms with van der Waals surface area (Å²) in [6.45, 7) is 12.4. The van der Waals surface area contributed by atoms with Crippen LogP contribution in [0.3, 0.4) is 0 Å². The molecule has 6 rings (SSSR count). The molecule has 2 aromatic heterocycles. The van der Waals surface area contributed by atoms with Gasteiger partial charge in [0.05, 0.1) is 25.3 Å². The summed E-state index contributed by atoms with van der Waals surface area (Å²) < 4.78 is 23.2. The van der Waals surface area contributed by atoms with Gasteiger partial charge in [0.2, 0.25) is 17.7 Å². The molecule has 59 heavy (non-hydrogen) atoms. The summed E-state index contributed by atoms with van der Waals surface area (Å²) in [5.41, 5.74) is 0.445. The van der Waals surface area contributed by atoms with E-state index in [0.29, 0.717) is 61.5 Å². The number of methoxy groups -OCH3 is 1. The van der Waals surface area contributed by atoms with Crippen LogP contribution in [0.2, 0.25) is 0 Å². The third kappa shape index (κ3) is 10.5. The van der Waals surface area contributed by atoms with Gasteiger partial charge in [0.15, 0.2) is 0 Å². The molecule has 3 N–H and O–H groups in total. The van der Waals surface area contributed by atoms with Crippen LogP contribution in [0, 0.1) is 6.92 Å². The molecule has 3 aliphatic rings. The first kappa shape index (κ1) is 43.8. The van der Waals surface area contributed by atoms with E-state index in [0.717, 1.165) is 43.1 Å². The molecule has 0 radical (unpaired) electrons. The fourth-order valence-electron chi connectivity index (χ4n) is 7.76. The van der Waals surface area contributed by atoms with Crippen LogP contribution < -0.4 is 29.6 Å². The van der Waals surface area contributed by atoms with Crippen LogP contribution in [0.1, 0.15) is 121 Å². The lowest BCUT2D eigenvalue weighted by molar-refractivity contribution is -0.142. The average molecular weight is 832 g/mol. The van der Waals surface area contributed by atoms with Crippen LogP contribution in [0.15, 0.2) is 42.6 Å². The van der Waals surface area contributed by atoms with Crippen molar-refractivity contribution in [2.24, 2.45) is 0 Å². The lowest BCUT2D eigenvalue weighted by atomic mass is 9.88. The number of nitrogens with zero attached hydrogens (tertiary/aromatic N) is 4. The van der Waals surface area contributed by atoms with Crippen LogP contribution in [0.5, 0.6) is 17.4 Å². The number of carbonyl (C=O) groups is 4. The van der Waals surface area contributed by atoms with Gasteiger partial charge in [0.1, 0.15) is 40.9 Å². The van der Waals surface area contributed by atoms with Crippen LogP contribution in [-0.2, 0) is 20.9 Å². The number of pyridine rings is 1. The van der Waals surface area contributed by atoms with Crippen LogP contribution >= 0.6 is 11.9 Å². The van der Waals surface area contributed by atoms with Gasteiger partial charge in [0.25, 0.3) is 11.8 Å². The lowest BCUT2D eigenvalue weighted by Crippen LogP contribution is -2.62. The largest absolute Gasteiger partial charge is 0.496 e. The van der Waals surface area contributed by atoms with Gasteiger partial charge in [-0.1, -0.05) is 31.9 Å². The fraction of sp³-hybridized carbons (Fsp3) is 0.591. The van der Waals surface area contributed by atoms with Crippen molar-refractivity contribution in [1.29, 1.82) is 0 Å². The van der Waals surface area contributed by atoms with Gasteiger partial charge in [-0.05, 0) is 116 Å². The van der Waals surface area contributed by atoms with Gasteiger partial charge in [0, 0.05) is 40.9 Å². The standard InChI is InChI=1S/C44H61N7O7S/c1-8-44(42(55)49-59-43(6)22-23-43)21-16-14-12-10-11-13-15-17-33(45-39(52)32-20-24-50(9-2)48-32)41(54)51-27-30(25-34(51)40(53)47-44)58-36-26-37(57-28(3)4)46-38-29(5)35(56-7)19-18-31(36)38/h12,14,18-20,24,26,28,30,33-34H,8-11,13,15-17,21-23,25,27H2,1-7H3,(H,45,52)(H,47,53)(H,49,55)/b14-12-/t30-,33+,34+,44+/m1/s1. The van der Waals surface area contributed by atoms with Crippen molar-refractivity contribution in [3.63, 3.8) is 0 Å². The van der Waals surface area contributed by atoms with E-state index in [-0.39, 0.29) is 41.3 Å². The molecular weight excluding hydrogens is 771 g/mol. The molecular formula is C44H61N7O7S. The molecule has 1 aromatic carbocycles. The molecule has 2 aliphatic heterocycles. The van der Waals surface area contributed by atoms with Gasteiger partial charge < -0.3 is 29.7 Å². The van der Waals surface area contributed by atoms with Crippen LogP contribution in [0.25, 0.3) is 10.9 Å². The molecule has 0 unspecified atom stereocenters. The number of fused-ring (bicyclic) bond motifs is 2. The van der Waals surface area contributed by atoms with Crippen molar-refractivity contribution in [3.8, 4) is 17.4 Å². The smallest absolute Gasteiger partial charge is 0.272 e. The Balaban J connectivity index is 1.36. The van der Waals surface area contributed by atoms with E-state index in [1.807, 2.05) is 46.8 Å². The zero-order valence-corrected chi connectivity index (χ0v) is 36.4. The molecule has 4 atom stereocenters. The van der Waals surface area contributed by atoms with Crippen molar-refractivity contribution >= 4 is 46.5 Å². The maximum Gasteiger partial charge on any atom is 0.272 e. The van der Waals surface area contributed by atoms with Crippen molar-refractivity contribution in [3.05, 3.63) is 53.9 Å². The van der Waals surface area contributed by atoms with Crippen molar-refractivity contribution in [2.75, 3.05) is 13.7 Å². The van der Waals surface area contributed by atoms with Gasteiger partial charge in [-0.15, -0.1) is 0 Å². The maximum absolute atomic E-state index is 14.9. The number of carbonyl (C=O) groups excluding carboxylic acids is 4. The molecule has 0 spiro atoms. The molecule has 4 heterocycles. The zero-order chi connectivity index (χ0) is 42.3. The molecule has 1 saturated heterocycles. The summed E-state index contributed by atoms with van der Waals surface area (Å²) >= 11 is 1.42. The van der Waals surface area contributed by atoms with Gasteiger partial charge in [-0.2, -0.15) is 5.10 Å². The molecule has 4 amide bonds. The normalized spacial score (nSPS) is 24.3. The average Bonchev–Trinajstić information content (AvgIpc) is 3.55. The van der Waals surface area contributed by atoms with Crippen LogP contribution in [0.4, 0.5) is 0 Å². The molecule has 15 heteroatoms. The van der Waals surface area contributed by atoms with Gasteiger partial charge in [-0.25, -0.2) is 4.98 Å². The first-order valence-electron chi connectivity index (χ1n) is 21.2. The summed E-state index contributed by atoms with van der Waals surface area (Å²) in [5.74, 6) is -0.0281. The molecule has 320 valence electrons. The van der Waals surface area contributed by atoms with E-state index in [9.17, 15) is 19.2 Å². The zero-order valence-electron chi connectivity index (χ0n) is 35.6. The van der Waals surface area contributed by atoms with E-state index < -0.39 is 35.5 Å². The number of hydrogen-bond donors (Lipinski definition) is 3. The number of ether oxygens (including phenoxy) is 3. The second-order valence-electron chi connectivity index (χ2n) is 16.5. The first-order valence-corrected chi connectivity index (χ1v) is 22.0. The second kappa shape index (κ2) is 19.1. The van der Waals surface area contributed by atoms with Crippen molar-refractivity contribution in [2.45, 2.75) is 153 Å². The fourth-order valence-corrected chi connectivity index (χ4v) is 8.60. The van der Waals surface area contributed by atoms with Gasteiger partial charge >= 0.3 is 0 Å².